The summed E-state index contributed by atoms with van der Waals surface area (Å²) in [6.07, 6.45) is -1.57. The van der Waals surface area contributed by atoms with Crippen LogP contribution in [0.2, 0.25) is 5.02 Å². The van der Waals surface area contributed by atoms with Gasteiger partial charge in [-0.3, -0.25) is 4.79 Å². The molecule has 1 aromatic rings. The van der Waals surface area contributed by atoms with E-state index in [0.717, 1.165) is 0 Å². The lowest BCUT2D eigenvalue weighted by atomic mass is 10.1. The number of amides is 1. The summed E-state index contributed by atoms with van der Waals surface area (Å²) in [5, 5.41) is 12.4. The van der Waals surface area contributed by atoms with Crippen LogP contribution in [0.1, 0.15) is 15.9 Å². The van der Waals surface area contributed by atoms with Gasteiger partial charge in [0.15, 0.2) is 0 Å². The molecule has 0 spiro atoms. The Hall–Kier alpha value is -1.21. The Balaban J connectivity index is 1.77. The van der Waals surface area contributed by atoms with Gasteiger partial charge in [-0.1, -0.05) is 17.7 Å². The first-order valence-corrected chi connectivity index (χ1v) is 7.03. The number of carbonyl (C=O) groups is 1. The zero-order valence-electron chi connectivity index (χ0n) is 11.3. The number of aliphatic hydroxyl groups is 1. The van der Waals surface area contributed by atoms with E-state index in [2.05, 4.69) is 5.32 Å². The molecule has 0 aromatic heterocycles. The molecule has 2 heterocycles. The predicted octanol–water partition coefficient (Wildman–Crippen LogP) is 1.04. The van der Waals surface area contributed by atoms with Gasteiger partial charge >= 0.3 is 0 Å². The molecule has 2 N–H and O–H groups in total. The highest BCUT2D eigenvalue weighted by atomic mass is 35.5. The summed E-state index contributed by atoms with van der Waals surface area (Å²) in [5.41, 5.74) is 0.440. The smallest absolute Gasteiger partial charge is 0.256 e. The Labute approximate surface area is 126 Å². The Bertz CT molecular complexity index is 582. The van der Waals surface area contributed by atoms with Gasteiger partial charge in [0.2, 0.25) is 0 Å². The van der Waals surface area contributed by atoms with Gasteiger partial charge in [-0.25, -0.2) is 4.39 Å². The number of ether oxygens (including phenoxy) is 2. The molecule has 1 aromatic carbocycles. The number of aliphatic hydroxyl groups excluding tert-OH is 1. The molecule has 21 heavy (non-hydrogen) atoms. The Morgan fingerprint density at radius 1 is 1.38 bits per heavy atom. The number of hydrogen-bond donors (Lipinski definition) is 2. The van der Waals surface area contributed by atoms with Crippen LogP contribution in [0.3, 0.4) is 0 Å². The Morgan fingerprint density at radius 3 is 2.86 bits per heavy atom. The highest BCUT2D eigenvalue weighted by Gasteiger charge is 2.47. The van der Waals surface area contributed by atoms with Gasteiger partial charge in [0, 0.05) is 0 Å². The summed E-state index contributed by atoms with van der Waals surface area (Å²) in [4.78, 5) is 12.3. The topological polar surface area (TPSA) is 67.8 Å². The SMILES string of the molecule is Cc1ccc(F)c(C(=O)N[C@@H]2CO[C@H]3[C@@H]2OC[C@H]3O)c1Cl. The van der Waals surface area contributed by atoms with Crippen LogP contribution < -0.4 is 5.32 Å². The fourth-order valence-corrected chi connectivity index (χ4v) is 2.95. The number of halogens is 2. The third-order valence-corrected chi connectivity index (χ3v) is 4.34. The molecule has 3 rings (SSSR count). The average molecular weight is 316 g/mol. The van der Waals surface area contributed by atoms with E-state index in [1.54, 1.807) is 6.92 Å². The number of hydrogen-bond acceptors (Lipinski definition) is 4. The van der Waals surface area contributed by atoms with Crippen LogP contribution in [0.25, 0.3) is 0 Å². The van der Waals surface area contributed by atoms with Crippen LogP contribution in [0, 0.1) is 12.7 Å². The van der Waals surface area contributed by atoms with Gasteiger partial charge < -0.3 is 19.9 Å². The fraction of sp³-hybridized carbons (Fsp3) is 0.500. The fourth-order valence-electron chi connectivity index (χ4n) is 2.71. The minimum absolute atomic E-state index is 0.0929. The van der Waals surface area contributed by atoms with Crippen molar-refractivity contribution in [2.45, 2.75) is 31.3 Å². The molecule has 5 nitrogen and oxygen atoms in total. The van der Waals surface area contributed by atoms with E-state index in [0.29, 0.717) is 5.56 Å². The van der Waals surface area contributed by atoms with Crippen LogP contribution in [0.15, 0.2) is 12.1 Å². The number of nitrogens with one attached hydrogen (secondary N) is 1. The highest BCUT2D eigenvalue weighted by molar-refractivity contribution is 6.34. The van der Waals surface area contributed by atoms with Crippen molar-refractivity contribution in [2.24, 2.45) is 0 Å². The molecule has 2 saturated heterocycles. The van der Waals surface area contributed by atoms with Gasteiger partial charge in [-0.05, 0) is 18.6 Å². The normalized spacial score (nSPS) is 31.2. The van der Waals surface area contributed by atoms with Crippen molar-refractivity contribution < 1.29 is 23.8 Å². The molecule has 0 unspecified atom stereocenters. The van der Waals surface area contributed by atoms with E-state index in [1.165, 1.54) is 12.1 Å². The third kappa shape index (κ3) is 2.53. The zero-order chi connectivity index (χ0) is 15.1. The maximum atomic E-state index is 13.8. The number of fused-ring (bicyclic) bond motifs is 1. The van der Waals surface area contributed by atoms with Crippen molar-refractivity contribution in [1.29, 1.82) is 0 Å². The van der Waals surface area contributed by atoms with Gasteiger partial charge in [-0.15, -0.1) is 0 Å². The molecule has 2 aliphatic heterocycles. The summed E-state index contributed by atoms with van der Waals surface area (Å²) in [7, 11) is 0. The van der Waals surface area contributed by atoms with Crippen molar-refractivity contribution >= 4 is 17.5 Å². The number of carbonyl (C=O) groups excluding carboxylic acids is 1. The lowest BCUT2D eigenvalue weighted by molar-refractivity contribution is 0.0178. The largest absolute Gasteiger partial charge is 0.388 e. The first-order chi connectivity index (χ1) is 9.99. The van der Waals surface area contributed by atoms with Crippen LogP contribution in [0.5, 0.6) is 0 Å². The van der Waals surface area contributed by atoms with E-state index >= 15 is 0 Å². The molecule has 2 fully saturated rings. The lowest BCUT2D eigenvalue weighted by Crippen LogP contribution is -2.44. The second kappa shape index (κ2) is 5.53. The van der Waals surface area contributed by atoms with Crippen molar-refractivity contribution in [2.75, 3.05) is 13.2 Å². The average Bonchev–Trinajstić information content (AvgIpc) is 2.99. The molecule has 0 saturated carbocycles. The maximum Gasteiger partial charge on any atom is 0.256 e. The standard InChI is InChI=1S/C14H15ClFNO4/c1-6-2-3-7(16)10(11(6)15)14(19)17-8-4-20-13-9(18)5-21-12(8)13/h2-3,8-9,12-13,18H,4-5H2,1H3,(H,17,19)/t8-,9-,12-,13-/m1/s1. The molecule has 7 heteroatoms. The zero-order valence-corrected chi connectivity index (χ0v) is 12.1. The van der Waals surface area contributed by atoms with Gasteiger partial charge in [0.25, 0.3) is 5.91 Å². The molecule has 0 bridgehead atoms. The number of rotatable bonds is 2. The summed E-state index contributed by atoms with van der Waals surface area (Å²) >= 11 is 6.01. The Kier molecular flexibility index (Phi) is 3.88. The van der Waals surface area contributed by atoms with Gasteiger partial charge in [0.05, 0.1) is 29.8 Å². The van der Waals surface area contributed by atoms with Crippen LogP contribution in [0.4, 0.5) is 4.39 Å². The van der Waals surface area contributed by atoms with E-state index in [1.807, 2.05) is 0 Å². The first kappa shape index (κ1) is 14.7. The Morgan fingerprint density at radius 2 is 2.10 bits per heavy atom. The predicted molar refractivity (Wildman–Crippen MR) is 72.9 cm³/mol. The molecule has 4 atom stereocenters. The molecule has 2 aliphatic rings. The highest BCUT2D eigenvalue weighted by Crippen LogP contribution is 2.28. The van der Waals surface area contributed by atoms with Crippen LogP contribution in [-0.4, -0.2) is 48.6 Å². The van der Waals surface area contributed by atoms with Gasteiger partial charge in [-0.2, -0.15) is 0 Å². The van der Waals surface area contributed by atoms with Crippen LogP contribution >= 0.6 is 11.6 Å². The van der Waals surface area contributed by atoms with E-state index in [-0.39, 0.29) is 23.8 Å². The summed E-state index contributed by atoms with van der Waals surface area (Å²) < 4.78 is 24.6. The van der Waals surface area contributed by atoms with Crippen molar-refractivity contribution in [3.63, 3.8) is 0 Å². The van der Waals surface area contributed by atoms with E-state index < -0.39 is 36.1 Å². The quantitative estimate of drug-likeness (QED) is 0.856. The molecule has 0 radical (unpaired) electrons. The molecule has 0 aliphatic carbocycles. The minimum atomic E-state index is -0.698. The monoisotopic (exact) mass is 315 g/mol. The number of benzene rings is 1. The van der Waals surface area contributed by atoms with Crippen LogP contribution in [-0.2, 0) is 9.47 Å². The minimum Gasteiger partial charge on any atom is -0.388 e. The maximum absolute atomic E-state index is 13.8. The molecule has 114 valence electrons. The van der Waals surface area contributed by atoms with Crippen molar-refractivity contribution in [3.05, 3.63) is 34.1 Å². The van der Waals surface area contributed by atoms with Crippen molar-refractivity contribution in [3.8, 4) is 0 Å². The summed E-state index contributed by atoms with van der Waals surface area (Å²) in [6.45, 7) is 2.08. The molecular formula is C14H15ClFNO4. The second-order valence-corrected chi connectivity index (χ2v) is 5.67. The molecular weight excluding hydrogens is 301 g/mol. The van der Waals surface area contributed by atoms with E-state index in [9.17, 15) is 14.3 Å². The third-order valence-electron chi connectivity index (χ3n) is 3.86. The summed E-state index contributed by atoms with van der Waals surface area (Å²) in [5.74, 6) is -1.29. The summed E-state index contributed by atoms with van der Waals surface area (Å²) in [6, 6.07) is 2.29. The second-order valence-electron chi connectivity index (χ2n) is 5.30. The molecule has 1 amide bonds. The lowest BCUT2D eigenvalue weighted by Gasteiger charge is -2.18. The number of aryl methyl sites for hydroxylation is 1. The van der Waals surface area contributed by atoms with Crippen molar-refractivity contribution in [1.82, 2.24) is 5.32 Å². The first-order valence-electron chi connectivity index (χ1n) is 6.65. The van der Waals surface area contributed by atoms with E-state index in [4.69, 9.17) is 21.1 Å². The van der Waals surface area contributed by atoms with Gasteiger partial charge in [0.1, 0.15) is 24.1 Å².